The molecule has 1 aliphatic carbocycles. The first-order valence-corrected chi connectivity index (χ1v) is 7.17. The van der Waals surface area contributed by atoms with Gasteiger partial charge in [-0.05, 0) is 37.7 Å². The van der Waals surface area contributed by atoms with Gasteiger partial charge < -0.3 is 15.2 Å². The highest BCUT2D eigenvalue weighted by atomic mass is 19.1. The number of methoxy groups -OCH3 is 2. The maximum atomic E-state index is 14.4. The van der Waals surface area contributed by atoms with E-state index in [1.165, 1.54) is 7.11 Å². The molecule has 112 valence electrons. The molecule has 20 heavy (non-hydrogen) atoms. The summed E-state index contributed by atoms with van der Waals surface area (Å²) in [5.41, 5.74) is 6.36. The lowest BCUT2D eigenvalue weighted by atomic mass is 9.73. The van der Waals surface area contributed by atoms with Crippen molar-refractivity contribution in [1.82, 2.24) is 0 Å². The van der Waals surface area contributed by atoms with E-state index in [2.05, 4.69) is 6.92 Å². The van der Waals surface area contributed by atoms with Crippen LogP contribution in [0.15, 0.2) is 18.2 Å². The van der Waals surface area contributed by atoms with Crippen LogP contribution in [0.5, 0.6) is 5.75 Å². The zero-order valence-corrected chi connectivity index (χ0v) is 12.5. The molecule has 0 spiro atoms. The van der Waals surface area contributed by atoms with E-state index in [-0.39, 0.29) is 11.6 Å². The second kappa shape index (κ2) is 6.10. The maximum absolute atomic E-state index is 14.4. The predicted octanol–water partition coefficient (Wildman–Crippen LogP) is 3.43. The Balaban J connectivity index is 2.31. The molecular formula is C16H24FNO2. The molecule has 1 atom stereocenters. The molecule has 0 bridgehead atoms. The van der Waals surface area contributed by atoms with Crippen LogP contribution in [-0.2, 0) is 4.74 Å². The third-order valence-corrected chi connectivity index (χ3v) is 4.64. The van der Waals surface area contributed by atoms with Crippen molar-refractivity contribution in [3.05, 3.63) is 29.6 Å². The first-order valence-electron chi connectivity index (χ1n) is 7.17. The van der Waals surface area contributed by atoms with Crippen molar-refractivity contribution in [2.24, 2.45) is 11.7 Å². The second-order valence-corrected chi connectivity index (χ2v) is 5.79. The van der Waals surface area contributed by atoms with Gasteiger partial charge in [0.05, 0.1) is 18.8 Å². The van der Waals surface area contributed by atoms with Gasteiger partial charge in [0.1, 0.15) is 0 Å². The Morgan fingerprint density at radius 3 is 2.50 bits per heavy atom. The van der Waals surface area contributed by atoms with Crippen LogP contribution in [0.2, 0.25) is 0 Å². The molecule has 0 heterocycles. The Hall–Kier alpha value is -1.13. The van der Waals surface area contributed by atoms with Crippen LogP contribution in [0.25, 0.3) is 0 Å². The van der Waals surface area contributed by atoms with Crippen molar-refractivity contribution in [2.45, 2.75) is 44.2 Å². The van der Waals surface area contributed by atoms with Gasteiger partial charge in [-0.2, -0.15) is 0 Å². The topological polar surface area (TPSA) is 44.5 Å². The van der Waals surface area contributed by atoms with Gasteiger partial charge in [-0.25, -0.2) is 4.39 Å². The molecule has 1 aromatic rings. The molecular weight excluding hydrogens is 257 g/mol. The lowest BCUT2D eigenvalue weighted by Gasteiger charge is -2.42. The number of benzene rings is 1. The molecule has 1 aromatic carbocycles. The predicted molar refractivity (Wildman–Crippen MR) is 77.3 cm³/mol. The van der Waals surface area contributed by atoms with Crippen LogP contribution >= 0.6 is 0 Å². The first-order chi connectivity index (χ1) is 9.54. The Kier molecular flexibility index (Phi) is 4.66. The molecule has 1 fully saturated rings. The molecule has 1 unspecified atom stereocenters. The largest absolute Gasteiger partial charge is 0.494 e. The molecule has 1 saturated carbocycles. The molecule has 1 aliphatic rings. The van der Waals surface area contributed by atoms with E-state index in [0.29, 0.717) is 11.5 Å². The number of halogens is 1. The average molecular weight is 281 g/mol. The normalized spacial score (nSPS) is 28.1. The molecule has 0 amide bonds. The number of rotatable bonds is 4. The van der Waals surface area contributed by atoms with Crippen molar-refractivity contribution in [3.8, 4) is 5.75 Å². The zero-order chi connectivity index (χ0) is 14.8. The summed E-state index contributed by atoms with van der Waals surface area (Å²) in [5, 5.41) is 0. The average Bonchev–Trinajstić information content (AvgIpc) is 2.48. The van der Waals surface area contributed by atoms with Gasteiger partial charge in [-0.1, -0.05) is 19.1 Å². The Morgan fingerprint density at radius 1 is 1.30 bits per heavy atom. The molecule has 0 radical (unpaired) electrons. The summed E-state index contributed by atoms with van der Waals surface area (Å²) in [5.74, 6) is 0.534. The lowest BCUT2D eigenvalue weighted by molar-refractivity contribution is -0.0678. The minimum Gasteiger partial charge on any atom is -0.494 e. The Bertz CT molecular complexity index is 456. The summed E-state index contributed by atoms with van der Waals surface area (Å²) in [6.07, 6.45) is 3.85. The Morgan fingerprint density at radius 2 is 1.95 bits per heavy atom. The highest BCUT2D eigenvalue weighted by Gasteiger charge is 2.41. The van der Waals surface area contributed by atoms with E-state index in [9.17, 15) is 4.39 Å². The highest BCUT2D eigenvalue weighted by Crippen LogP contribution is 2.42. The summed E-state index contributed by atoms with van der Waals surface area (Å²) in [4.78, 5) is 0. The van der Waals surface area contributed by atoms with Gasteiger partial charge in [-0.3, -0.25) is 0 Å². The fourth-order valence-corrected chi connectivity index (χ4v) is 3.10. The van der Waals surface area contributed by atoms with Gasteiger partial charge in [-0.15, -0.1) is 0 Å². The van der Waals surface area contributed by atoms with E-state index in [1.54, 1.807) is 25.3 Å². The summed E-state index contributed by atoms with van der Waals surface area (Å²) in [6, 6.07) is 4.62. The zero-order valence-electron chi connectivity index (χ0n) is 12.5. The number of hydrogen-bond acceptors (Lipinski definition) is 3. The van der Waals surface area contributed by atoms with Crippen LogP contribution in [0, 0.1) is 11.7 Å². The lowest BCUT2D eigenvalue weighted by Crippen LogP contribution is -2.46. The van der Waals surface area contributed by atoms with Crippen molar-refractivity contribution >= 4 is 0 Å². The summed E-state index contributed by atoms with van der Waals surface area (Å²) >= 11 is 0. The summed E-state index contributed by atoms with van der Waals surface area (Å²) < 4.78 is 25.2. The monoisotopic (exact) mass is 281 g/mol. The van der Waals surface area contributed by atoms with Gasteiger partial charge in [0.15, 0.2) is 11.6 Å². The van der Waals surface area contributed by atoms with Crippen LogP contribution in [0.4, 0.5) is 4.39 Å². The van der Waals surface area contributed by atoms with Gasteiger partial charge >= 0.3 is 0 Å². The van der Waals surface area contributed by atoms with E-state index in [0.717, 1.165) is 25.7 Å². The maximum Gasteiger partial charge on any atom is 0.169 e. The Labute approximate surface area is 120 Å². The smallest absolute Gasteiger partial charge is 0.169 e. The van der Waals surface area contributed by atoms with Crippen LogP contribution in [-0.4, -0.2) is 19.8 Å². The molecule has 0 aliphatic heterocycles. The molecule has 2 N–H and O–H groups in total. The molecule has 3 nitrogen and oxygen atoms in total. The van der Waals surface area contributed by atoms with Gasteiger partial charge in [0.2, 0.25) is 0 Å². The van der Waals surface area contributed by atoms with E-state index in [1.807, 2.05) is 0 Å². The quantitative estimate of drug-likeness (QED) is 0.919. The van der Waals surface area contributed by atoms with E-state index >= 15 is 0 Å². The van der Waals surface area contributed by atoms with Gasteiger partial charge in [0, 0.05) is 12.7 Å². The second-order valence-electron chi connectivity index (χ2n) is 5.79. The number of nitrogens with two attached hydrogens (primary N) is 1. The van der Waals surface area contributed by atoms with Crippen LogP contribution in [0.1, 0.15) is 44.2 Å². The fourth-order valence-electron chi connectivity index (χ4n) is 3.10. The SMILES string of the molecule is COc1cccc(C(N)C2(OC)CCC(C)CC2)c1F. The van der Waals surface area contributed by atoms with Crippen LogP contribution in [0.3, 0.4) is 0 Å². The minimum atomic E-state index is -0.477. The van der Waals surface area contributed by atoms with Crippen molar-refractivity contribution in [3.63, 3.8) is 0 Å². The van der Waals surface area contributed by atoms with Crippen molar-refractivity contribution in [1.29, 1.82) is 0 Å². The highest BCUT2D eigenvalue weighted by molar-refractivity contribution is 5.34. The van der Waals surface area contributed by atoms with Crippen molar-refractivity contribution < 1.29 is 13.9 Å². The van der Waals surface area contributed by atoms with Crippen LogP contribution < -0.4 is 10.5 Å². The molecule has 0 aromatic heterocycles. The van der Waals surface area contributed by atoms with E-state index < -0.39 is 11.6 Å². The third kappa shape index (κ3) is 2.67. The standard InChI is InChI=1S/C16H24FNO2/c1-11-7-9-16(20-3,10-8-11)15(18)12-5-4-6-13(19-2)14(12)17/h4-6,11,15H,7-10,18H2,1-3H3. The minimum absolute atomic E-state index is 0.230. The molecule has 4 heteroatoms. The van der Waals surface area contributed by atoms with Gasteiger partial charge in [0.25, 0.3) is 0 Å². The first kappa shape index (κ1) is 15.3. The number of ether oxygens (including phenoxy) is 2. The number of hydrogen-bond donors (Lipinski definition) is 1. The molecule has 2 rings (SSSR count). The van der Waals surface area contributed by atoms with E-state index in [4.69, 9.17) is 15.2 Å². The summed E-state index contributed by atoms with van der Waals surface area (Å²) in [7, 11) is 3.13. The summed E-state index contributed by atoms with van der Waals surface area (Å²) in [6.45, 7) is 2.23. The fraction of sp³-hybridized carbons (Fsp3) is 0.625. The van der Waals surface area contributed by atoms with Crippen molar-refractivity contribution in [2.75, 3.05) is 14.2 Å². The molecule has 0 saturated heterocycles. The third-order valence-electron chi connectivity index (χ3n) is 4.64.